The average molecular weight is 428 g/mol. The molecule has 31 heavy (non-hydrogen) atoms. The number of aromatic nitrogens is 4. The zero-order valence-electron chi connectivity index (χ0n) is 16.6. The summed E-state index contributed by atoms with van der Waals surface area (Å²) in [5.41, 5.74) is 0.0183. The number of aliphatic hydroxyl groups excluding tert-OH is 1. The first-order valence-corrected chi connectivity index (χ1v) is 10.2. The molecule has 0 radical (unpaired) electrons. The Bertz CT molecular complexity index is 1070. The third-order valence-electron chi connectivity index (χ3n) is 5.40. The molecule has 2 aromatic heterocycles. The Balaban J connectivity index is 0.00000272. The zero-order valence-corrected chi connectivity index (χ0v) is 16.6. The molecule has 0 saturated heterocycles. The third-order valence-corrected chi connectivity index (χ3v) is 5.40. The highest BCUT2D eigenvalue weighted by Gasteiger charge is 2.40. The Morgan fingerprint density at radius 3 is 2.65 bits per heavy atom. The first-order valence-electron chi connectivity index (χ1n) is 10.2. The van der Waals surface area contributed by atoms with Crippen molar-refractivity contribution in [3.63, 3.8) is 0 Å². The van der Waals surface area contributed by atoms with Gasteiger partial charge in [-0.05, 0) is 12.8 Å². The fraction of sp³-hybridized carbons (Fsp3) is 0.455. The predicted molar refractivity (Wildman–Crippen MR) is 116 cm³/mol. The fourth-order valence-electron chi connectivity index (χ4n) is 3.83. The smallest absolute Gasteiger partial charge is 0.274 e. The summed E-state index contributed by atoms with van der Waals surface area (Å²) in [6, 6.07) is 10.9. The van der Waals surface area contributed by atoms with Crippen LogP contribution in [-0.4, -0.2) is 49.3 Å². The molecule has 9 heteroatoms. The third kappa shape index (κ3) is 4.83. The maximum absolute atomic E-state index is 12.7. The number of rotatable bonds is 7. The van der Waals surface area contributed by atoms with Crippen molar-refractivity contribution < 1.29 is 14.6 Å². The van der Waals surface area contributed by atoms with Gasteiger partial charge in [-0.25, -0.2) is 4.98 Å². The van der Waals surface area contributed by atoms with Gasteiger partial charge in [0, 0.05) is 18.2 Å². The zero-order chi connectivity index (χ0) is 21.0. The number of carbonyl (C=O) groups is 1. The molecule has 4 rings (SSSR count). The van der Waals surface area contributed by atoms with Gasteiger partial charge in [0.25, 0.3) is 17.2 Å². The fourth-order valence-corrected chi connectivity index (χ4v) is 3.83. The van der Waals surface area contributed by atoms with Gasteiger partial charge in [0.1, 0.15) is 5.60 Å². The number of hydrogen-bond donors (Lipinski definition) is 3. The van der Waals surface area contributed by atoms with Gasteiger partial charge in [-0.2, -0.15) is 9.50 Å². The summed E-state index contributed by atoms with van der Waals surface area (Å²) in [5.74, 6) is 0.577. The number of aromatic amines is 1. The topological polar surface area (TPSA) is 122 Å². The highest BCUT2D eigenvalue weighted by atomic mass is 16.5. The van der Waals surface area contributed by atoms with Crippen molar-refractivity contribution in [2.45, 2.75) is 51.7 Å². The number of aliphatic hydroxyl groups is 1. The summed E-state index contributed by atoms with van der Waals surface area (Å²) in [5, 5.41) is 14.7. The molecule has 1 saturated carbocycles. The van der Waals surface area contributed by atoms with Crippen LogP contribution in [-0.2, 0) is 16.1 Å². The summed E-state index contributed by atoms with van der Waals surface area (Å²) in [6.45, 7) is 0.0938. The van der Waals surface area contributed by atoms with Crippen LogP contribution in [0.5, 0.6) is 0 Å². The number of hydrogen-bond acceptors (Lipinski definition) is 6. The van der Waals surface area contributed by atoms with E-state index in [0.717, 1.165) is 24.8 Å². The summed E-state index contributed by atoms with van der Waals surface area (Å²) >= 11 is 0. The van der Waals surface area contributed by atoms with Crippen LogP contribution in [0, 0.1) is 0 Å². The van der Waals surface area contributed by atoms with Gasteiger partial charge >= 0.3 is 0 Å². The molecule has 0 aliphatic heterocycles. The molecule has 0 bridgehead atoms. The molecule has 3 aromatic rings. The van der Waals surface area contributed by atoms with E-state index in [1.807, 2.05) is 30.3 Å². The van der Waals surface area contributed by atoms with Gasteiger partial charge in [-0.3, -0.25) is 14.7 Å². The molecule has 3 N–H and O–H groups in total. The number of benzene rings is 1. The van der Waals surface area contributed by atoms with Crippen LogP contribution in [0.3, 0.4) is 0 Å². The van der Waals surface area contributed by atoms with Crippen molar-refractivity contribution in [2.75, 3.05) is 13.2 Å². The second-order valence-electron chi connectivity index (χ2n) is 7.48. The maximum atomic E-state index is 12.7. The van der Waals surface area contributed by atoms with E-state index in [-0.39, 0.29) is 44.4 Å². The summed E-state index contributed by atoms with van der Waals surface area (Å²) in [4.78, 5) is 34.1. The van der Waals surface area contributed by atoms with Crippen molar-refractivity contribution in [1.82, 2.24) is 24.9 Å². The van der Waals surface area contributed by atoms with E-state index in [2.05, 4.69) is 20.4 Å². The predicted octanol–water partition coefficient (Wildman–Crippen LogP) is 2.05. The molecule has 0 atom stereocenters. The molecule has 1 aliphatic carbocycles. The highest BCUT2D eigenvalue weighted by molar-refractivity contribution is 5.85. The second kappa shape index (κ2) is 9.84. The highest BCUT2D eigenvalue weighted by Crippen LogP contribution is 2.32. The van der Waals surface area contributed by atoms with Crippen molar-refractivity contribution in [2.24, 2.45) is 0 Å². The molecular weight excluding hydrogens is 398 g/mol. The lowest BCUT2D eigenvalue weighted by Gasteiger charge is -2.35. The van der Waals surface area contributed by atoms with Crippen molar-refractivity contribution >= 4 is 11.7 Å². The van der Waals surface area contributed by atoms with Crippen LogP contribution in [0.25, 0.3) is 17.2 Å². The Morgan fingerprint density at radius 2 is 1.94 bits per heavy atom. The van der Waals surface area contributed by atoms with Crippen molar-refractivity contribution in [1.29, 1.82) is 0 Å². The second-order valence-corrected chi connectivity index (χ2v) is 7.48. The van der Waals surface area contributed by atoms with E-state index in [1.54, 1.807) is 0 Å². The van der Waals surface area contributed by atoms with E-state index in [9.17, 15) is 9.59 Å². The van der Waals surface area contributed by atoms with Crippen LogP contribution in [0.4, 0.5) is 0 Å². The Kier molecular flexibility index (Phi) is 7.19. The number of H-pyrrole nitrogens is 1. The normalized spacial score (nSPS) is 15.4. The minimum Gasteiger partial charge on any atom is -0.395 e. The minimum absolute atomic E-state index is 0. The van der Waals surface area contributed by atoms with Crippen LogP contribution >= 0.6 is 0 Å². The van der Waals surface area contributed by atoms with E-state index >= 15 is 0 Å². The lowest BCUT2D eigenvalue weighted by molar-refractivity contribution is -0.154. The van der Waals surface area contributed by atoms with Crippen LogP contribution in [0.1, 0.15) is 45.2 Å². The lowest BCUT2D eigenvalue weighted by atomic mass is 9.83. The number of nitrogens with zero attached hydrogens (tertiary/aromatic N) is 3. The van der Waals surface area contributed by atoms with E-state index in [0.29, 0.717) is 24.4 Å². The summed E-state index contributed by atoms with van der Waals surface area (Å²) < 4.78 is 7.36. The molecule has 1 aromatic carbocycles. The van der Waals surface area contributed by atoms with Gasteiger partial charge in [-0.1, -0.05) is 57.0 Å². The molecule has 1 aliphatic rings. The average Bonchev–Trinajstić information content (AvgIpc) is 3.22. The molecule has 9 nitrogen and oxygen atoms in total. The minimum atomic E-state index is -0.957. The number of nitrogens with one attached hydrogen (secondary N) is 2. The van der Waals surface area contributed by atoms with Crippen LogP contribution in [0.2, 0.25) is 0 Å². The van der Waals surface area contributed by atoms with Crippen molar-refractivity contribution in [3.8, 4) is 11.4 Å². The molecular formula is C22H29N5O4. The van der Waals surface area contributed by atoms with Gasteiger partial charge in [0.15, 0.2) is 5.82 Å². The number of ether oxygens (including phenoxy) is 1. The maximum Gasteiger partial charge on any atom is 0.274 e. The SMILES string of the molecule is C.O=C(NCCO)C1(OCc2cc(=O)n3[nH]c(-c4ccccc4)nc3n2)CCCCC1. The molecule has 0 spiro atoms. The lowest BCUT2D eigenvalue weighted by Crippen LogP contribution is -2.50. The quantitative estimate of drug-likeness (QED) is 0.531. The molecule has 1 amide bonds. The summed E-state index contributed by atoms with van der Waals surface area (Å²) in [7, 11) is 0. The standard InChI is InChI=1S/C21H25N5O4.CH4/c27-12-11-22-19(29)21(9-5-2-6-10-21)30-14-16-13-17(28)26-20(23-16)24-18(25-26)15-7-3-1-4-8-15;/h1,3-4,7-8,13,27H,2,5-6,9-12,14H2,(H,22,29)(H,23,24,25);1H4. The van der Waals surface area contributed by atoms with Crippen molar-refractivity contribution in [3.05, 3.63) is 52.4 Å². The molecule has 2 heterocycles. The van der Waals surface area contributed by atoms with E-state index < -0.39 is 5.60 Å². The Labute approximate surface area is 180 Å². The number of amides is 1. The Hall–Kier alpha value is -3.04. The van der Waals surface area contributed by atoms with Gasteiger partial charge in [0.05, 0.1) is 18.9 Å². The van der Waals surface area contributed by atoms with E-state index in [1.165, 1.54) is 10.6 Å². The first-order chi connectivity index (χ1) is 14.6. The largest absolute Gasteiger partial charge is 0.395 e. The van der Waals surface area contributed by atoms with Gasteiger partial charge < -0.3 is 15.2 Å². The Morgan fingerprint density at radius 1 is 1.19 bits per heavy atom. The van der Waals surface area contributed by atoms with Gasteiger partial charge in [0.2, 0.25) is 0 Å². The number of carbonyl (C=O) groups excluding carboxylic acids is 1. The molecule has 1 fully saturated rings. The van der Waals surface area contributed by atoms with E-state index in [4.69, 9.17) is 9.84 Å². The first kappa shape index (κ1) is 22.6. The number of fused-ring (bicyclic) bond motifs is 1. The van der Waals surface area contributed by atoms with Crippen LogP contribution < -0.4 is 10.9 Å². The molecule has 0 unspecified atom stereocenters. The van der Waals surface area contributed by atoms with Gasteiger partial charge in [-0.15, -0.1) is 0 Å². The van der Waals surface area contributed by atoms with Crippen LogP contribution in [0.15, 0.2) is 41.2 Å². The summed E-state index contributed by atoms with van der Waals surface area (Å²) in [6.07, 6.45) is 4.04. The monoisotopic (exact) mass is 427 g/mol. The molecule has 166 valence electrons.